The number of carboxylic acids is 1. The number of carboxylic acid groups (broad SMARTS) is 1. The number of nitrogens with one attached hydrogen (secondary N) is 1. The fourth-order valence-corrected chi connectivity index (χ4v) is 2.69. The number of rotatable bonds is 5. The first-order valence-electron chi connectivity index (χ1n) is 8.57. The van der Waals surface area contributed by atoms with Crippen LogP contribution in [0.25, 0.3) is 0 Å². The van der Waals surface area contributed by atoms with Gasteiger partial charge in [-0.1, -0.05) is 18.2 Å². The lowest BCUT2D eigenvalue weighted by Crippen LogP contribution is -2.42. The standard InChI is InChI=1S/C20H17F6NO3/c1-10-3-4-12(5-11(10)2)6-16(18(29)30)27-17(28)13-7-14(19(21,22)23)9-15(8-13)20(24,25)26/h3-5,7-9,16H,6H2,1-2H3,(H,27,28)(H,29,30)/t16-/m1/s1. The van der Waals surface area contributed by atoms with E-state index in [2.05, 4.69) is 0 Å². The van der Waals surface area contributed by atoms with Crippen molar-refractivity contribution in [1.82, 2.24) is 5.32 Å². The average molecular weight is 433 g/mol. The first-order valence-corrected chi connectivity index (χ1v) is 8.57. The summed E-state index contributed by atoms with van der Waals surface area (Å²) in [6.07, 6.45) is -10.4. The molecule has 0 saturated carbocycles. The quantitative estimate of drug-likeness (QED) is 0.668. The summed E-state index contributed by atoms with van der Waals surface area (Å²) in [5, 5.41) is 11.3. The number of aliphatic carboxylic acids is 1. The number of hydrogen-bond acceptors (Lipinski definition) is 2. The maximum absolute atomic E-state index is 13.0. The molecule has 0 fully saturated rings. The summed E-state index contributed by atoms with van der Waals surface area (Å²) < 4.78 is 77.7. The van der Waals surface area contributed by atoms with Crippen LogP contribution in [-0.4, -0.2) is 23.0 Å². The van der Waals surface area contributed by atoms with Gasteiger partial charge in [-0.15, -0.1) is 0 Å². The van der Waals surface area contributed by atoms with Crippen molar-refractivity contribution >= 4 is 11.9 Å². The van der Waals surface area contributed by atoms with E-state index in [1.165, 1.54) is 0 Å². The second kappa shape index (κ2) is 8.37. The molecule has 2 aromatic rings. The fraction of sp³-hybridized carbons (Fsp3) is 0.300. The third kappa shape index (κ3) is 5.74. The zero-order valence-electron chi connectivity index (χ0n) is 15.8. The van der Waals surface area contributed by atoms with E-state index in [4.69, 9.17) is 0 Å². The number of benzene rings is 2. The Kier molecular flexibility index (Phi) is 6.48. The van der Waals surface area contributed by atoms with Gasteiger partial charge in [-0.05, 0) is 48.7 Å². The summed E-state index contributed by atoms with van der Waals surface area (Å²) >= 11 is 0. The van der Waals surface area contributed by atoms with Crippen molar-refractivity contribution in [3.63, 3.8) is 0 Å². The van der Waals surface area contributed by atoms with Gasteiger partial charge in [0.25, 0.3) is 5.91 Å². The van der Waals surface area contributed by atoms with Crippen molar-refractivity contribution in [3.05, 3.63) is 69.8 Å². The van der Waals surface area contributed by atoms with Gasteiger partial charge in [-0.25, -0.2) is 4.79 Å². The lowest BCUT2D eigenvalue weighted by atomic mass is 10.00. The Bertz CT molecular complexity index is 934. The van der Waals surface area contributed by atoms with Crippen molar-refractivity contribution in [2.24, 2.45) is 0 Å². The normalized spacial score (nSPS) is 13.1. The van der Waals surface area contributed by atoms with Gasteiger partial charge >= 0.3 is 18.3 Å². The molecule has 162 valence electrons. The van der Waals surface area contributed by atoms with Gasteiger partial charge < -0.3 is 10.4 Å². The van der Waals surface area contributed by atoms with E-state index in [9.17, 15) is 41.0 Å². The van der Waals surface area contributed by atoms with Gasteiger partial charge in [0.05, 0.1) is 11.1 Å². The third-order valence-electron chi connectivity index (χ3n) is 4.46. The summed E-state index contributed by atoms with van der Waals surface area (Å²) in [5.41, 5.74) is -1.93. The second-order valence-corrected chi connectivity index (χ2v) is 6.78. The third-order valence-corrected chi connectivity index (χ3v) is 4.46. The van der Waals surface area contributed by atoms with E-state index < -0.39 is 47.0 Å². The number of hydrogen-bond donors (Lipinski definition) is 2. The minimum atomic E-state index is -5.12. The molecule has 10 heteroatoms. The molecule has 0 spiro atoms. The van der Waals surface area contributed by atoms with Crippen LogP contribution in [0.4, 0.5) is 26.3 Å². The molecule has 0 aromatic heterocycles. The number of amides is 1. The van der Waals surface area contributed by atoms with Gasteiger partial charge in [0, 0.05) is 12.0 Å². The molecule has 30 heavy (non-hydrogen) atoms. The van der Waals surface area contributed by atoms with Crippen LogP contribution in [0.1, 0.15) is 38.2 Å². The minimum absolute atomic E-state index is 0.111. The van der Waals surface area contributed by atoms with Crippen LogP contribution < -0.4 is 5.32 Å². The molecule has 0 aliphatic heterocycles. The molecular formula is C20H17F6NO3. The Morgan fingerprint density at radius 1 is 0.900 bits per heavy atom. The molecule has 0 aliphatic rings. The van der Waals surface area contributed by atoms with Crippen LogP contribution in [0, 0.1) is 13.8 Å². The van der Waals surface area contributed by atoms with Gasteiger partial charge in [-0.2, -0.15) is 26.3 Å². The molecular weight excluding hydrogens is 416 g/mol. The van der Waals surface area contributed by atoms with E-state index in [0.29, 0.717) is 5.56 Å². The predicted octanol–water partition coefficient (Wildman–Crippen LogP) is 4.77. The molecule has 4 nitrogen and oxygen atoms in total. The highest BCUT2D eigenvalue weighted by Gasteiger charge is 2.37. The number of carbonyl (C=O) groups excluding carboxylic acids is 1. The van der Waals surface area contributed by atoms with Gasteiger partial charge in [0.15, 0.2) is 0 Å². The summed E-state index contributed by atoms with van der Waals surface area (Å²) in [6.45, 7) is 3.62. The van der Waals surface area contributed by atoms with E-state index >= 15 is 0 Å². The average Bonchev–Trinajstić information content (AvgIpc) is 2.62. The zero-order valence-corrected chi connectivity index (χ0v) is 15.8. The SMILES string of the molecule is Cc1ccc(C[C@@H](NC(=O)c2cc(C(F)(F)F)cc(C(F)(F)F)c2)C(=O)O)cc1C. The molecule has 1 amide bonds. The van der Waals surface area contributed by atoms with Crippen molar-refractivity contribution in [1.29, 1.82) is 0 Å². The highest BCUT2D eigenvalue weighted by molar-refractivity contribution is 5.97. The maximum atomic E-state index is 13.0. The number of carbonyl (C=O) groups is 2. The fourth-order valence-electron chi connectivity index (χ4n) is 2.69. The van der Waals surface area contributed by atoms with Crippen molar-refractivity contribution in [2.45, 2.75) is 38.7 Å². The molecule has 0 heterocycles. The van der Waals surface area contributed by atoms with E-state index in [1.807, 2.05) is 12.2 Å². The van der Waals surface area contributed by atoms with Crippen molar-refractivity contribution in [2.75, 3.05) is 0 Å². The van der Waals surface area contributed by atoms with Crippen LogP contribution in [0.2, 0.25) is 0 Å². The first-order chi connectivity index (χ1) is 13.7. The molecule has 1 atom stereocenters. The number of aryl methyl sites for hydroxylation is 2. The smallest absolute Gasteiger partial charge is 0.416 e. The van der Waals surface area contributed by atoms with Gasteiger partial charge in [-0.3, -0.25) is 4.79 Å². The molecule has 0 radical (unpaired) electrons. The van der Waals surface area contributed by atoms with Crippen LogP contribution in [0.15, 0.2) is 36.4 Å². The topological polar surface area (TPSA) is 66.4 Å². The zero-order chi connectivity index (χ0) is 22.9. The monoisotopic (exact) mass is 433 g/mol. The maximum Gasteiger partial charge on any atom is 0.416 e. The molecule has 0 aliphatic carbocycles. The Morgan fingerprint density at radius 3 is 1.87 bits per heavy atom. The van der Waals surface area contributed by atoms with Crippen molar-refractivity contribution < 1.29 is 41.0 Å². The van der Waals surface area contributed by atoms with Gasteiger partial charge in [0.1, 0.15) is 6.04 Å². The summed E-state index contributed by atoms with van der Waals surface area (Å²) in [5.74, 6) is -2.84. The minimum Gasteiger partial charge on any atom is -0.480 e. The Labute approximate surface area is 167 Å². The van der Waals surface area contributed by atoms with Crippen molar-refractivity contribution in [3.8, 4) is 0 Å². The summed E-state index contributed by atoms with van der Waals surface area (Å²) in [4.78, 5) is 23.8. The number of halogens is 6. The molecule has 2 N–H and O–H groups in total. The molecule has 0 unspecified atom stereocenters. The van der Waals surface area contributed by atoms with Crippen LogP contribution in [-0.2, 0) is 23.6 Å². The summed E-state index contributed by atoms with van der Waals surface area (Å²) in [6, 6.07) is 3.87. The second-order valence-electron chi connectivity index (χ2n) is 6.78. The van der Waals surface area contributed by atoms with Gasteiger partial charge in [0.2, 0.25) is 0 Å². The molecule has 2 rings (SSSR count). The molecule has 2 aromatic carbocycles. The van der Waals surface area contributed by atoms with E-state index in [0.717, 1.165) is 11.1 Å². The van der Waals surface area contributed by atoms with Crippen LogP contribution in [0.5, 0.6) is 0 Å². The molecule has 0 bridgehead atoms. The summed E-state index contributed by atoms with van der Waals surface area (Å²) in [7, 11) is 0. The first kappa shape index (κ1) is 23.2. The Morgan fingerprint density at radius 2 is 1.43 bits per heavy atom. The van der Waals surface area contributed by atoms with E-state index in [-0.39, 0.29) is 24.6 Å². The lowest BCUT2D eigenvalue weighted by Gasteiger charge is -2.17. The molecule has 0 saturated heterocycles. The van der Waals surface area contributed by atoms with Crippen LogP contribution >= 0.6 is 0 Å². The number of alkyl halides is 6. The Balaban J connectivity index is 2.35. The largest absolute Gasteiger partial charge is 0.480 e. The van der Waals surface area contributed by atoms with E-state index in [1.54, 1.807) is 25.1 Å². The van der Waals surface area contributed by atoms with Crippen LogP contribution in [0.3, 0.4) is 0 Å². The highest BCUT2D eigenvalue weighted by atomic mass is 19.4. The lowest BCUT2D eigenvalue weighted by molar-refractivity contribution is -0.143. The highest BCUT2D eigenvalue weighted by Crippen LogP contribution is 2.36. The predicted molar refractivity (Wildman–Crippen MR) is 95.0 cm³/mol. The Hall–Kier alpha value is -3.04.